The Labute approximate surface area is 188 Å². The summed E-state index contributed by atoms with van der Waals surface area (Å²) in [5.74, 6) is -0.261. The number of ether oxygens (including phenoxy) is 1. The molecule has 4 rings (SSSR count). The highest BCUT2D eigenvalue weighted by molar-refractivity contribution is 7.89. The number of sulfonamides is 1. The molecule has 0 saturated carbocycles. The number of benzene rings is 1. The van der Waals surface area contributed by atoms with Crippen molar-refractivity contribution in [2.75, 3.05) is 26.2 Å². The third-order valence-corrected chi connectivity index (χ3v) is 7.54. The van der Waals surface area contributed by atoms with E-state index < -0.39 is 16.0 Å². The van der Waals surface area contributed by atoms with E-state index >= 15 is 0 Å². The zero-order valence-electron chi connectivity index (χ0n) is 17.1. The third-order valence-electron chi connectivity index (χ3n) is 4.96. The number of carbonyl (C=O) groups is 2. The number of aromatic nitrogens is 2. The van der Waals surface area contributed by atoms with Gasteiger partial charge in [-0.15, -0.1) is 0 Å². The monoisotopic (exact) mass is 476 g/mol. The van der Waals surface area contributed by atoms with E-state index in [2.05, 4.69) is 10.1 Å². The zero-order valence-corrected chi connectivity index (χ0v) is 18.8. The molecule has 3 heterocycles. The molecule has 0 radical (unpaired) electrons. The van der Waals surface area contributed by atoms with E-state index in [0.717, 1.165) is 5.56 Å². The second-order valence-electron chi connectivity index (χ2n) is 7.04. The van der Waals surface area contributed by atoms with Crippen molar-refractivity contribution in [1.29, 1.82) is 0 Å². The Morgan fingerprint density at radius 3 is 2.66 bits per heavy atom. The van der Waals surface area contributed by atoms with Gasteiger partial charge in [-0.2, -0.15) is 20.6 Å². The second kappa shape index (κ2) is 9.18. The molecule has 1 saturated heterocycles. The zero-order chi connectivity index (χ0) is 22.7. The summed E-state index contributed by atoms with van der Waals surface area (Å²) in [4.78, 5) is 29.7. The first-order valence-electron chi connectivity index (χ1n) is 9.72. The van der Waals surface area contributed by atoms with Gasteiger partial charge in [0.25, 0.3) is 5.89 Å². The quantitative estimate of drug-likeness (QED) is 0.495. The maximum absolute atomic E-state index is 13.0. The molecule has 32 heavy (non-hydrogen) atoms. The van der Waals surface area contributed by atoms with Gasteiger partial charge in [0, 0.05) is 38.5 Å². The van der Waals surface area contributed by atoms with Gasteiger partial charge in [-0.1, -0.05) is 11.2 Å². The van der Waals surface area contributed by atoms with Crippen LogP contribution in [0.5, 0.6) is 0 Å². The largest absolute Gasteiger partial charge is 0.454 e. The van der Waals surface area contributed by atoms with Crippen LogP contribution in [0.3, 0.4) is 0 Å². The molecule has 1 aliphatic heterocycles. The summed E-state index contributed by atoms with van der Waals surface area (Å²) in [5.41, 5.74) is 0.872. The molecule has 0 N–H and O–H groups in total. The van der Waals surface area contributed by atoms with Crippen molar-refractivity contribution in [3.8, 4) is 11.5 Å². The Morgan fingerprint density at radius 1 is 1.19 bits per heavy atom. The van der Waals surface area contributed by atoms with Gasteiger partial charge in [-0.25, -0.2) is 13.2 Å². The number of rotatable bonds is 6. The number of esters is 1. The molecule has 0 unspecified atom stereocenters. The van der Waals surface area contributed by atoms with E-state index in [0.29, 0.717) is 19.0 Å². The van der Waals surface area contributed by atoms with Crippen molar-refractivity contribution < 1.29 is 27.3 Å². The van der Waals surface area contributed by atoms with Crippen molar-refractivity contribution in [2.24, 2.45) is 0 Å². The summed E-state index contributed by atoms with van der Waals surface area (Å²) in [6.45, 7) is 2.29. The number of hydrogen-bond donors (Lipinski definition) is 0. The van der Waals surface area contributed by atoms with Crippen LogP contribution in [0, 0.1) is 0 Å². The summed E-state index contributed by atoms with van der Waals surface area (Å²) < 4.78 is 37.6. The summed E-state index contributed by atoms with van der Waals surface area (Å²) in [7, 11) is -3.81. The predicted molar refractivity (Wildman–Crippen MR) is 114 cm³/mol. The van der Waals surface area contributed by atoms with Crippen molar-refractivity contribution in [3.05, 3.63) is 52.5 Å². The van der Waals surface area contributed by atoms with E-state index in [1.54, 1.807) is 4.90 Å². The third kappa shape index (κ3) is 4.71. The van der Waals surface area contributed by atoms with Gasteiger partial charge in [0.05, 0.1) is 16.0 Å². The van der Waals surface area contributed by atoms with E-state index in [-0.39, 0.29) is 41.9 Å². The number of piperazine rings is 1. The lowest BCUT2D eigenvalue weighted by Crippen LogP contribution is -2.49. The van der Waals surface area contributed by atoms with Gasteiger partial charge in [-0.3, -0.25) is 4.79 Å². The topological polar surface area (TPSA) is 123 Å². The average molecular weight is 477 g/mol. The fourth-order valence-electron chi connectivity index (χ4n) is 3.21. The van der Waals surface area contributed by atoms with Crippen LogP contribution in [0.4, 0.5) is 0 Å². The fourth-order valence-corrected chi connectivity index (χ4v) is 5.30. The predicted octanol–water partition coefficient (Wildman–Crippen LogP) is 2.01. The highest BCUT2D eigenvalue weighted by Crippen LogP contribution is 2.21. The van der Waals surface area contributed by atoms with Crippen molar-refractivity contribution in [1.82, 2.24) is 19.3 Å². The Hall–Kier alpha value is -3.09. The van der Waals surface area contributed by atoms with Crippen LogP contribution in [-0.2, 0) is 26.2 Å². The van der Waals surface area contributed by atoms with Crippen molar-refractivity contribution in [2.45, 2.75) is 18.4 Å². The molecule has 10 nitrogen and oxygen atoms in total. The summed E-state index contributed by atoms with van der Waals surface area (Å²) in [6.07, 6.45) is 0. The lowest BCUT2D eigenvalue weighted by Gasteiger charge is -2.33. The summed E-state index contributed by atoms with van der Waals surface area (Å²) >= 11 is 1.49. The molecule has 1 fully saturated rings. The highest BCUT2D eigenvalue weighted by Gasteiger charge is 2.29. The molecule has 2 aromatic heterocycles. The molecule has 0 spiro atoms. The second-order valence-corrected chi connectivity index (χ2v) is 9.76. The SMILES string of the molecule is CC(=O)N1CCN(S(=O)(=O)c2cccc(C(=O)OCc3noc(-c4ccsc4)n3)c2)CC1. The van der Waals surface area contributed by atoms with E-state index in [9.17, 15) is 18.0 Å². The molecule has 0 aliphatic carbocycles. The van der Waals surface area contributed by atoms with Crippen molar-refractivity contribution in [3.63, 3.8) is 0 Å². The smallest absolute Gasteiger partial charge is 0.338 e. The van der Waals surface area contributed by atoms with Crippen LogP contribution in [0.15, 0.2) is 50.5 Å². The first-order valence-corrected chi connectivity index (χ1v) is 12.1. The number of thiophene rings is 1. The molecule has 168 valence electrons. The van der Waals surface area contributed by atoms with E-state index in [1.807, 2.05) is 16.8 Å². The number of amides is 1. The Bertz CT molecular complexity index is 1210. The Kier molecular flexibility index (Phi) is 6.35. The normalized spacial score (nSPS) is 15.0. The van der Waals surface area contributed by atoms with Crippen LogP contribution in [-0.4, -0.2) is 65.8 Å². The van der Waals surface area contributed by atoms with Gasteiger partial charge in [-0.05, 0) is 29.6 Å². The molecule has 1 amide bonds. The first-order chi connectivity index (χ1) is 15.3. The van der Waals surface area contributed by atoms with Gasteiger partial charge in [0.15, 0.2) is 6.61 Å². The Balaban J connectivity index is 1.41. The fraction of sp³-hybridized carbons (Fsp3) is 0.300. The Morgan fingerprint density at radius 2 is 1.97 bits per heavy atom. The van der Waals surface area contributed by atoms with Gasteiger partial charge in [0.2, 0.25) is 21.8 Å². The van der Waals surface area contributed by atoms with E-state index in [1.165, 1.54) is 46.8 Å². The van der Waals surface area contributed by atoms with Gasteiger partial charge < -0.3 is 14.2 Å². The van der Waals surface area contributed by atoms with Crippen LogP contribution >= 0.6 is 11.3 Å². The average Bonchev–Trinajstić information content (AvgIpc) is 3.49. The van der Waals surface area contributed by atoms with E-state index in [4.69, 9.17) is 9.26 Å². The molecule has 1 aromatic carbocycles. The maximum Gasteiger partial charge on any atom is 0.338 e. The molecular formula is C20H20N4O6S2. The number of nitrogens with zero attached hydrogens (tertiary/aromatic N) is 4. The lowest BCUT2D eigenvalue weighted by atomic mass is 10.2. The van der Waals surface area contributed by atoms with Crippen LogP contribution in [0.1, 0.15) is 23.1 Å². The minimum absolute atomic E-state index is 0.0115. The molecule has 3 aromatic rings. The van der Waals surface area contributed by atoms with Crippen LogP contribution in [0.2, 0.25) is 0 Å². The number of carbonyl (C=O) groups excluding carboxylic acids is 2. The summed E-state index contributed by atoms with van der Waals surface area (Å²) in [5, 5.41) is 7.52. The lowest BCUT2D eigenvalue weighted by molar-refractivity contribution is -0.129. The maximum atomic E-state index is 13.0. The van der Waals surface area contributed by atoms with Crippen molar-refractivity contribution >= 4 is 33.2 Å². The summed E-state index contributed by atoms with van der Waals surface area (Å²) in [6, 6.07) is 7.50. The van der Waals surface area contributed by atoms with Gasteiger partial charge >= 0.3 is 5.97 Å². The molecular weight excluding hydrogens is 456 g/mol. The molecule has 12 heteroatoms. The minimum atomic E-state index is -3.81. The molecule has 0 atom stereocenters. The standard InChI is InChI=1S/C20H20N4O6S2/c1-14(25)23-6-8-24(9-7-23)32(27,28)17-4-2-3-15(11-17)20(26)29-12-18-21-19(30-22-18)16-5-10-31-13-16/h2-5,10-11,13H,6-9,12H2,1H3. The minimum Gasteiger partial charge on any atom is -0.454 e. The number of hydrogen-bond acceptors (Lipinski definition) is 9. The first kappa shape index (κ1) is 22.1. The van der Waals surface area contributed by atoms with Crippen LogP contribution < -0.4 is 0 Å². The highest BCUT2D eigenvalue weighted by atomic mass is 32.2. The van der Waals surface area contributed by atoms with Crippen LogP contribution in [0.25, 0.3) is 11.5 Å². The molecule has 0 bridgehead atoms. The van der Waals surface area contributed by atoms with Gasteiger partial charge in [0.1, 0.15) is 0 Å². The molecule has 1 aliphatic rings.